The molecule has 0 unspecified atom stereocenters. The molecule has 4 aromatic carbocycles. The van der Waals surface area contributed by atoms with Crippen LogP contribution in [-0.4, -0.2) is 13.0 Å². The van der Waals surface area contributed by atoms with Crippen molar-refractivity contribution in [1.29, 1.82) is 5.26 Å². The maximum atomic E-state index is 13.9. The molecule has 0 fully saturated rings. The minimum atomic E-state index is -0.715. The minimum absolute atomic E-state index is 0.00393. The number of nitriles is 1. The number of ether oxygens (including phenoxy) is 2. The number of nitrogens with one attached hydrogen (secondary N) is 1. The highest BCUT2D eigenvalue weighted by Gasteiger charge is 2.16. The van der Waals surface area contributed by atoms with Gasteiger partial charge in [-0.25, -0.2) is 4.39 Å². The minimum Gasteiger partial charge on any atom is -0.493 e. The first-order chi connectivity index (χ1) is 18.0. The molecule has 0 spiro atoms. The molecular weight excluding hydrogens is 467 g/mol. The largest absolute Gasteiger partial charge is 0.493 e. The van der Waals surface area contributed by atoms with Crippen molar-refractivity contribution in [2.75, 3.05) is 12.4 Å². The Morgan fingerprint density at radius 3 is 2.57 bits per heavy atom. The number of rotatable bonds is 9. The smallest absolute Gasteiger partial charge is 0.266 e. The standard InChI is InChI=1S/C31H25FN2O3/c1-3-9-23-16-21(17-25(19-33)31(35)34-28-15-7-6-14-27(28)32)18-29(36-2)30(23)37-20-24-12-8-11-22-10-4-5-13-26(22)24/h3-8,10-18H,1,9,20H2,2H3,(H,34,35)/b25-17-. The van der Waals surface area contributed by atoms with Crippen LogP contribution >= 0.6 is 0 Å². The van der Waals surface area contributed by atoms with E-state index in [0.29, 0.717) is 30.1 Å². The van der Waals surface area contributed by atoms with E-state index in [0.717, 1.165) is 21.9 Å². The number of anilines is 1. The van der Waals surface area contributed by atoms with Crippen LogP contribution in [-0.2, 0) is 17.8 Å². The van der Waals surface area contributed by atoms with Gasteiger partial charge in [-0.1, -0.05) is 60.7 Å². The molecule has 0 heterocycles. The van der Waals surface area contributed by atoms with Gasteiger partial charge < -0.3 is 14.8 Å². The highest BCUT2D eigenvalue weighted by Crippen LogP contribution is 2.35. The van der Waals surface area contributed by atoms with Gasteiger partial charge in [0.1, 0.15) is 24.1 Å². The number of carbonyl (C=O) groups is 1. The number of hydrogen-bond acceptors (Lipinski definition) is 4. The van der Waals surface area contributed by atoms with Crippen molar-refractivity contribution >= 4 is 28.4 Å². The van der Waals surface area contributed by atoms with E-state index >= 15 is 0 Å². The van der Waals surface area contributed by atoms with Gasteiger partial charge in [-0.15, -0.1) is 6.58 Å². The topological polar surface area (TPSA) is 71.4 Å². The Bertz CT molecular complexity index is 1530. The van der Waals surface area contributed by atoms with Gasteiger partial charge in [-0.3, -0.25) is 4.79 Å². The molecule has 0 aliphatic carbocycles. The fourth-order valence-electron chi connectivity index (χ4n) is 4.03. The van der Waals surface area contributed by atoms with Crippen LogP contribution in [0.15, 0.2) is 97.1 Å². The van der Waals surface area contributed by atoms with Gasteiger partial charge >= 0.3 is 0 Å². The summed E-state index contributed by atoms with van der Waals surface area (Å²) < 4.78 is 25.8. The summed E-state index contributed by atoms with van der Waals surface area (Å²) in [4.78, 5) is 12.7. The first-order valence-electron chi connectivity index (χ1n) is 11.6. The van der Waals surface area contributed by atoms with Crippen LogP contribution in [0, 0.1) is 17.1 Å². The lowest BCUT2D eigenvalue weighted by molar-refractivity contribution is -0.112. The Hall–Kier alpha value is -4.89. The van der Waals surface area contributed by atoms with E-state index < -0.39 is 11.7 Å². The van der Waals surface area contributed by atoms with Gasteiger partial charge in [0.2, 0.25) is 0 Å². The highest BCUT2D eigenvalue weighted by molar-refractivity contribution is 6.09. The zero-order valence-electron chi connectivity index (χ0n) is 20.3. The first-order valence-corrected chi connectivity index (χ1v) is 11.6. The molecule has 37 heavy (non-hydrogen) atoms. The number of methoxy groups -OCH3 is 1. The summed E-state index contributed by atoms with van der Waals surface area (Å²) in [5, 5.41) is 14.3. The van der Waals surface area contributed by atoms with E-state index in [1.54, 1.807) is 18.2 Å². The average molecular weight is 493 g/mol. The van der Waals surface area contributed by atoms with Gasteiger partial charge in [-0.05, 0) is 58.7 Å². The van der Waals surface area contributed by atoms with Crippen LogP contribution in [0.25, 0.3) is 16.8 Å². The number of halogens is 1. The molecule has 6 heteroatoms. The van der Waals surface area contributed by atoms with E-state index in [9.17, 15) is 14.4 Å². The molecule has 0 aliphatic rings. The highest BCUT2D eigenvalue weighted by atomic mass is 19.1. The van der Waals surface area contributed by atoms with Crippen molar-refractivity contribution in [2.24, 2.45) is 0 Å². The zero-order valence-corrected chi connectivity index (χ0v) is 20.3. The summed E-state index contributed by atoms with van der Waals surface area (Å²) >= 11 is 0. The molecule has 0 saturated carbocycles. The van der Waals surface area contributed by atoms with E-state index in [-0.39, 0.29) is 11.3 Å². The molecule has 0 bridgehead atoms. The molecule has 4 aromatic rings. The molecule has 0 atom stereocenters. The van der Waals surface area contributed by atoms with E-state index in [1.165, 1.54) is 31.4 Å². The number of carbonyl (C=O) groups excluding carboxylic acids is 1. The van der Waals surface area contributed by atoms with Crippen LogP contribution in [0.2, 0.25) is 0 Å². The summed E-state index contributed by atoms with van der Waals surface area (Å²) in [7, 11) is 1.53. The summed E-state index contributed by atoms with van der Waals surface area (Å²) in [6.45, 7) is 4.16. The molecule has 0 radical (unpaired) electrons. The number of nitrogens with zero attached hydrogens (tertiary/aromatic N) is 1. The van der Waals surface area contributed by atoms with Crippen LogP contribution < -0.4 is 14.8 Å². The lowest BCUT2D eigenvalue weighted by Gasteiger charge is -2.17. The predicted octanol–water partition coefficient (Wildman–Crippen LogP) is 6.84. The fraction of sp³-hybridized carbons (Fsp3) is 0.0968. The Morgan fingerprint density at radius 2 is 1.81 bits per heavy atom. The number of amides is 1. The molecule has 0 saturated heterocycles. The normalized spacial score (nSPS) is 11.0. The average Bonchev–Trinajstić information content (AvgIpc) is 2.92. The molecular formula is C31H25FN2O3. The zero-order chi connectivity index (χ0) is 26.2. The molecule has 1 N–H and O–H groups in total. The van der Waals surface area contributed by atoms with Crippen molar-refractivity contribution in [3.8, 4) is 17.6 Å². The van der Waals surface area contributed by atoms with E-state index in [2.05, 4.69) is 30.1 Å². The van der Waals surface area contributed by atoms with Crippen LogP contribution in [0.4, 0.5) is 10.1 Å². The van der Waals surface area contributed by atoms with Gasteiger partial charge in [0.05, 0.1) is 12.8 Å². The maximum absolute atomic E-state index is 13.9. The summed E-state index contributed by atoms with van der Waals surface area (Å²) in [5.41, 5.74) is 2.19. The van der Waals surface area contributed by atoms with Crippen LogP contribution in [0.1, 0.15) is 16.7 Å². The Balaban J connectivity index is 1.64. The van der Waals surface area contributed by atoms with E-state index in [4.69, 9.17) is 9.47 Å². The summed E-state index contributed by atoms with van der Waals surface area (Å²) in [6.07, 6.45) is 3.65. The van der Waals surface area contributed by atoms with Gasteiger partial charge in [-0.2, -0.15) is 5.26 Å². The maximum Gasteiger partial charge on any atom is 0.266 e. The molecule has 0 aliphatic heterocycles. The van der Waals surface area contributed by atoms with Crippen molar-refractivity contribution < 1.29 is 18.7 Å². The van der Waals surface area contributed by atoms with E-state index in [1.807, 2.05) is 36.4 Å². The quantitative estimate of drug-likeness (QED) is 0.158. The second kappa shape index (κ2) is 11.7. The Kier molecular flexibility index (Phi) is 7.97. The number of allylic oxidation sites excluding steroid dienone is 1. The number of para-hydroxylation sites is 1. The number of hydrogen-bond donors (Lipinski definition) is 1. The molecule has 4 rings (SSSR count). The Labute approximate surface area is 215 Å². The van der Waals surface area contributed by atoms with Crippen LogP contribution in [0.3, 0.4) is 0 Å². The van der Waals surface area contributed by atoms with Gasteiger partial charge in [0.25, 0.3) is 5.91 Å². The first kappa shape index (κ1) is 25.2. The summed E-state index contributed by atoms with van der Waals surface area (Å²) in [6, 6.07) is 25.3. The fourth-order valence-corrected chi connectivity index (χ4v) is 4.03. The summed E-state index contributed by atoms with van der Waals surface area (Å²) in [5.74, 6) is -0.289. The lowest BCUT2D eigenvalue weighted by atomic mass is 10.0. The monoisotopic (exact) mass is 492 g/mol. The molecule has 5 nitrogen and oxygen atoms in total. The molecule has 1 amide bonds. The van der Waals surface area contributed by atoms with Crippen molar-refractivity contribution in [3.05, 3.63) is 120 Å². The van der Waals surface area contributed by atoms with Gasteiger partial charge in [0, 0.05) is 5.56 Å². The van der Waals surface area contributed by atoms with Crippen LogP contribution in [0.5, 0.6) is 11.5 Å². The third kappa shape index (κ3) is 5.85. The molecule has 0 aromatic heterocycles. The predicted molar refractivity (Wildman–Crippen MR) is 144 cm³/mol. The molecule has 184 valence electrons. The third-order valence-corrected chi connectivity index (χ3v) is 5.79. The number of benzene rings is 4. The van der Waals surface area contributed by atoms with Crippen molar-refractivity contribution in [3.63, 3.8) is 0 Å². The van der Waals surface area contributed by atoms with Crippen molar-refractivity contribution in [2.45, 2.75) is 13.0 Å². The SMILES string of the molecule is C=CCc1cc(/C=C(/C#N)C(=O)Nc2ccccc2F)cc(OC)c1OCc1cccc2ccccc12. The second-order valence-electron chi connectivity index (χ2n) is 8.23. The van der Waals surface area contributed by atoms with Gasteiger partial charge in [0.15, 0.2) is 11.5 Å². The third-order valence-electron chi connectivity index (χ3n) is 5.79. The number of fused-ring (bicyclic) bond motifs is 1. The lowest BCUT2D eigenvalue weighted by Crippen LogP contribution is -2.14. The second-order valence-corrected chi connectivity index (χ2v) is 8.23. The Morgan fingerprint density at radius 1 is 1.05 bits per heavy atom. The van der Waals surface area contributed by atoms with Crippen molar-refractivity contribution in [1.82, 2.24) is 0 Å².